The number of aromatic nitrogens is 3. The summed E-state index contributed by atoms with van der Waals surface area (Å²) in [6.07, 6.45) is 5.45. The molecule has 7 nitrogen and oxygen atoms in total. The van der Waals surface area contributed by atoms with Crippen molar-refractivity contribution in [3.05, 3.63) is 72.2 Å². The molecule has 2 N–H and O–H groups in total. The number of rotatable bonds is 5. The van der Waals surface area contributed by atoms with Gasteiger partial charge in [0.2, 0.25) is 6.79 Å². The van der Waals surface area contributed by atoms with E-state index in [2.05, 4.69) is 15.3 Å². The molecule has 0 spiro atoms. The molecule has 1 aliphatic heterocycles. The smallest absolute Gasteiger partial charge is 0.231 e. The molecular weight excluding hydrogens is 356 g/mol. The maximum Gasteiger partial charge on any atom is 0.231 e. The first kappa shape index (κ1) is 16.6. The van der Waals surface area contributed by atoms with Crippen molar-refractivity contribution in [2.45, 2.75) is 13.2 Å². The third kappa shape index (κ3) is 2.91. The molecule has 0 saturated heterocycles. The Balaban J connectivity index is 1.43. The number of fused-ring (bicyclic) bond motifs is 2. The average Bonchev–Trinajstić information content (AvgIpc) is 3.39. The SMILES string of the molecule is OCc1cccc(-c2cnc3c(NCc4ccc5c(c4)OCO5)nccn23)c1. The van der Waals surface area contributed by atoms with Crippen LogP contribution in [0.25, 0.3) is 16.9 Å². The second kappa shape index (κ2) is 6.86. The molecule has 0 fully saturated rings. The lowest BCUT2D eigenvalue weighted by atomic mass is 10.1. The lowest BCUT2D eigenvalue weighted by molar-refractivity contribution is 0.174. The molecule has 2 aromatic carbocycles. The van der Waals surface area contributed by atoms with Crippen LogP contribution in [0.4, 0.5) is 5.82 Å². The fourth-order valence-electron chi connectivity index (χ4n) is 3.32. The Bertz CT molecular complexity index is 1160. The Morgan fingerprint density at radius 1 is 1.04 bits per heavy atom. The summed E-state index contributed by atoms with van der Waals surface area (Å²) in [5.41, 5.74) is 4.61. The fourth-order valence-corrected chi connectivity index (χ4v) is 3.32. The third-order valence-electron chi connectivity index (χ3n) is 4.73. The van der Waals surface area contributed by atoms with Crippen LogP contribution in [-0.2, 0) is 13.2 Å². The van der Waals surface area contributed by atoms with Crippen LogP contribution in [0.3, 0.4) is 0 Å². The number of imidazole rings is 1. The highest BCUT2D eigenvalue weighted by molar-refractivity contribution is 5.70. The first-order valence-electron chi connectivity index (χ1n) is 8.96. The summed E-state index contributed by atoms with van der Waals surface area (Å²) in [7, 11) is 0. The van der Waals surface area contributed by atoms with Crippen LogP contribution in [0.15, 0.2) is 61.1 Å². The molecule has 1 aliphatic rings. The maximum atomic E-state index is 9.39. The molecule has 140 valence electrons. The minimum absolute atomic E-state index is 0.00840. The number of ether oxygens (including phenoxy) is 2. The van der Waals surface area contributed by atoms with Crippen LogP contribution < -0.4 is 14.8 Å². The molecule has 0 saturated carbocycles. The van der Waals surface area contributed by atoms with E-state index >= 15 is 0 Å². The highest BCUT2D eigenvalue weighted by Gasteiger charge is 2.14. The molecule has 0 radical (unpaired) electrons. The van der Waals surface area contributed by atoms with Gasteiger partial charge in [-0.1, -0.05) is 24.3 Å². The number of hydrogen-bond acceptors (Lipinski definition) is 6. The van der Waals surface area contributed by atoms with Crippen LogP contribution in [0.2, 0.25) is 0 Å². The van der Waals surface area contributed by atoms with Crippen LogP contribution in [0.1, 0.15) is 11.1 Å². The van der Waals surface area contributed by atoms with Crippen molar-refractivity contribution < 1.29 is 14.6 Å². The zero-order chi connectivity index (χ0) is 18.9. The Labute approximate surface area is 161 Å². The number of anilines is 1. The molecule has 4 aromatic rings. The lowest BCUT2D eigenvalue weighted by Crippen LogP contribution is -2.04. The second-order valence-corrected chi connectivity index (χ2v) is 6.51. The number of nitrogens with one attached hydrogen (secondary N) is 1. The van der Waals surface area contributed by atoms with E-state index in [1.807, 2.05) is 59.3 Å². The maximum absolute atomic E-state index is 9.39. The molecule has 0 atom stereocenters. The average molecular weight is 374 g/mol. The topological polar surface area (TPSA) is 80.9 Å². The monoisotopic (exact) mass is 374 g/mol. The summed E-state index contributed by atoms with van der Waals surface area (Å²) >= 11 is 0. The minimum atomic E-state index is 0.00840. The van der Waals surface area contributed by atoms with Gasteiger partial charge in [-0.15, -0.1) is 0 Å². The molecule has 28 heavy (non-hydrogen) atoms. The summed E-state index contributed by atoms with van der Waals surface area (Å²) < 4.78 is 12.8. The van der Waals surface area contributed by atoms with E-state index < -0.39 is 0 Å². The van der Waals surface area contributed by atoms with E-state index in [1.54, 1.807) is 6.20 Å². The van der Waals surface area contributed by atoms with Crippen molar-refractivity contribution in [1.29, 1.82) is 0 Å². The van der Waals surface area contributed by atoms with Gasteiger partial charge in [0.15, 0.2) is 23.0 Å². The van der Waals surface area contributed by atoms with Gasteiger partial charge in [0.25, 0.3) is 0 Å². The summed E-state index contributed by atoms with van der Waals surface area (Å²) in [5.74, 6) is 2.23. The van der Waals surface area contributed by atoms with Gasteiger partial charge in [-0.25, -0.2) is 9.97 Å². The first-order valence-corrected chi connectivity index (χ1v) is 8.96. The van der Waals surface area contributed by atoms with Crippen molar-refractivity contribution in [2.24, 2.45) is 0 Å². The molecule has 0 bridgehead atoms. The van der Waals surface area contributed by atoms with Gasteiger partial charge < -0.3 is 19.9 Å². The van der Waals surface area contributed by atoms with E-state index in [1.165, 1.54) is 0 Å². The molecule has 0 unspecified atom stereocenters. The molecule has 5 rings (SSSR count). The Morgan fingerprint density at radius 2 is 1.96 bits per heavy atom. The zero-order valence-electron chi connectivity index (χ0n) is 15.0. The summed E-state index contributed by atoms with van der Waals surface area (Å²) in [6.45, 7) is 0.862. The number of aliphatic hydroxyl groups excluding tert-OH is 1. The molecule has 7 heteroatoms. The number of hydrogen-bond donors (Lipinski definition) is 2. The largest absolute Gasteiger partial charge is 0.454 e. The predicted octanol–water partition coefficient (Wildman–Crippen LogP) is 3.23. The van der Waals surface area contributed by atoms with Gasteiger partial charge in [-0.2, -0.15) is 0 Å². The quantitative estimate of drug-likeness (QED) is 0.558. The Kier molecular flexibility index (Phi) is 4.06. The first-order chi connectivity index (χ1) is 13.8. The van der Waals surface area contributed by atoms with Crippen molar-refractivity contribution in [3.63, 3.8) is 0 Å². The zero-order valence-corrected chi connectivity index (χ0v) is 15.0. The minimum Gasteiger partial charge on any atom is -0.454 e. The van der Waals surface area contributed by atoms with Gasteiger partial charge in [0.1, 0.15) is 0 Å². The van der Waals surface area contributed by atoms with Gasteiger partial charge >= 0.3 is 0 Å². The lowest BCUT2D eigenvalue weighted by Gasteiger charge is -2.09. The standard InChI is InChI=1S/C21H18N4O3/c26-12-15-2-1-3-16(8-15)17-11-24-21-20(22-6-7-25(17)21)23-10-14-4-5-18-19(9-14)28-13-27-18/h1-9,11,26H,10,12-13H2,(H,22,23). The highest BCUT2D eigenvalue weighted by Crippen LogP contribution is 2.32. The summed E-state index contributed by atoms with van der Waals surface area (Å²) in [6, 6.07) is 13.7. The predicted molar refractivity (Wildman–Crippen MR) is 104 cm³/mol. The van der Waals surface area contributed by atoms with E-state index in [0.29, 0.717) is 12.4 Å². The van der Waals surface area contributed by atoms with Crippen LogP contribution in [0.5, 0.6) is 11.5 Å². The van der Waals surface area contributed by atoms with Gasteiger partial charge in [0.05, 0.1) is 18.5 Å². The molecular formula is C21H18N4O3. The molecule has 3 heterocycles. The fraction of sp³-hybridized carbons (Fsp3) is 0.143. The van der Waals surface area contributed by atoms with Crippen LogP contribution in [0, 0.1) is 0 Å². The van der Waals surface area contributed by atoms with E-state index in [0.717, 1.165) is 39.5 Å². The number of nitrogens with zero attached hydrogens (tertiary/aromatic N) is 3. The van der Waals surface area contributed by atoms with Crippen LogP contribution in [-0.4, -0.2) is 26.3 Å². The number of benzene rings is 2. The van der Waals surface area contributed by atoms with Crippen molar-refractivity contribution in [1.82, 2.24) is 14.4 Å². The van der Waals surface area contributed by atoms with E-state index in [4.69, 9.17) is 9.47 Å². The number of aliphatic hydroxyl groups is 1. The summed E-state index contributed by atoms with van der Waals surface area (Å²) in [4.78, 5) is 9.00. The van der Waals surface area contributed by atoms with Crippen molar-refractivity contribution in [3.8, 4) is 22.8 Å². The normalized spacial score (nSPS) is 12.5. The Hall–Kier alpha value is -3.58. The van der Waals surface area contributed by atoms with Gasteiger partial charge in [-0.05, 0) is 29.3 Å². The molecule has 0 aliphatic carbocycles. The molecule has 2 aromatic heterocycles. The van der Waals surface area contributed by atoms with Gasteiger partial charge in [-0.3, -0.25) is 4.40 Å². The van der Waals surface area contributed by atoms with Crippen molar-refractivity contribution in [2.75, 3.05) is 12.1 Å². The second-order valence-electron chi connectivity index (χ2n) is 6.51. The summed E-state index contributed by atoms with van der Waals surface area (Å²) in [5, 5.41) is 12.7. The van der Waals surface area contributed by atoms with Crippen LogP contribution >= 0.6 is 0 Å². The molecule has 0 amide bonds. The highest BCUT2D eigenvalue weighted by atomic mass is 16.7. The van der Waals surface area contributed by atoms with Gasteiger partial charge in [0, 0.05) is 24.5 Å². The van der Waals surface area contributed by atoms with Crippen molar-refractivity contribution >= 4 is 11.5 Å². The van der Waals surface area contributed by atoms with E-state index in [-0.39, 0.29) is 13.4 Å². The Morgan fingerprint density at radius 3 is 2.89 bits per heavy atom. The third-order valence-corrected chi connectivity index (χ3v) is 4.73. The van der Waals surface area contributed by atoms with E-state index in [9.17, 15) is 5.11 Å².